The average molecular weight is 827 g/mol. The number of hydrogen-bond acceptors (Lipinski definition) is 2. The molecule has 12 rings (SSSR count). The van der Waals surface area contributed by atoms with Gasteiger partial charge in [0, 0.05) is 16.7 Å². The lowest BCUT2D eigenvalue weighted by atomic mass is 9.67. The predicted octanol–water partition coefficient (Wildman–Crippen LogP) is 16.0. The van der Waals surface area contributed by atoms with Gasteiger partial charge in [-0.2, -0.15) is 0 Å². The molecular formula is C63H42N2. The molecule has 0 fully saturated rings. The molecule has 304 valence electrons. The van der Waals surface area contributed by atoms with E-state index in [1.807, 2.05) is 18.2 Å². The summed E-state index contributed by atoms with van der Waals surface area (Å²) < 4.78 is 0. The molecule has 0 aliphatic heterocycles. The van der Waals surface area contributed by atoms with Crippen molar-refractivity contribution in [1.82, 2.24) is 9.97 Å². The largest absolute Gasteiger partial charge is 0.228 e. The number of aromatic nitrogens is 2. The van der Waals surface area contributed by atoms with Gasteiger partial charge in [-0.25, -0.2) is 9.97 Å². The number of benzene rings is 10. The van der Waals surface area contributed by atoms with Gasteiger partial charge < -0.3 is 0 Å². The van der Waals surface area contributed by atoms with Crippen molar-refractivity contribution in [1.29, 1.82) is 0 Å². The third-order valence-electron chi connectivity index (χ3n) is 13.2. The molecule has 2 nitrogen and oxygen atoms in total. The van der Waals surface area contributed by atoms with Crippen molar-refractivity contribution in [3.05, 3.63) is 277 Å². The summed E-state index contributed by atoms with van der Waals surface area (Å²) in [6.45, 7) is 0. The quantitative estimate of drug-likeness (QED) is 0.152. The first-order valence-electron chi connectivity index (χ1n) is 22.3. The van der Waals surface area contributed by atoms with Crippen molar-refractivity contribution in [2.45, 2.75) is 5.41 Å². The molecule has 1 aromatic heterocycles. The van der Waals surface area contributed by atoms with Crippen molar-refractivity contribution >= 4 is 10.8 Å². The van der Waals surface area contributed by atoms with E-state index in [0.29, 0.717) is 5.82 Å². The fourth-order valence-electron chi connectivity index (χ4n) is 10.3. The Hall–Kier alpha value is -8.46. The standard InChI is InChI=1S/C63H42N2/c1-5-19-44(20-6-1)50-27-13-16-31-55(50)60-42-61(65-62(64-60)46-21-7-2-8-22-46)56-39-38-51(52-28-14-15-29-53(52)56)45-35-33-43(34-36-45)47-37-40-59-57(41-47)54-30-17-18-32-58(54)63(59,48-23-9-3-10-24-48)49-25-11-4-12-26-49/h1-42H. The molecule has 0 N–H and O–H groups in total. The van der Waals surface area contributed by atoms with Crippen molar-refractivity contribution in [2.75, 3.05) is 0 Å². The molecular weight excluding hydrogens is 785 g/mol. The fraction of sp³-hybridized carbons (Fsp3) is 0.0159. The normalized spacial score (nSPS) is 12.4. The summed E-state index contributed by atoms with van der Waals surface area (Å²) in [5, 5.41) is 2.32. The first-order chi connectivity index (χ1) is 32.2. The maximum Gasteiger partial charge on any atom is 0.160 e. The van der Waals surface area contributed by atoms with Crippen LogP contribution in [0.4, 0.5) is 0 Å². The van der Waals surface area contributed by atoms with E-state index in [1.54, 1.807) is 0 Å². The fourth-order valence-corrected chi connectivity index (χ4v) is 10.3. The summed E-state index contributed by atoms with van der Waals surface area (Å²) in [7, 11) is 0. The summed E-state index contributed by atoms with van der Waals surface area (Å²) in [5.74, 6) is 0.700. The van der Waals surface area contributed by atoms with Crippen LogP contribution in [0.25, 0.3) is 89.2 Å². The molecule has 0 spiro atoms. The van der Waals surface area contributed by atoms with Gasteiger partial charge in [-0.15, -0.1) is 0 Å². The SMILES string of the molecule is c1ccc(-c2nc(-c3ccccc3-c3ccccc3)cc(-c3ccc(-c4ccc(-c5ccc6c(c5)-c5ccccc5C6(c5ccccc5)c5ccccc5)cc4)c4ccccc34)n2)cc1. The van der Waals surface area contributed by atoms with Crippen LogP contribution in [0, 0.1) is 0 Å². The highest BCUT2D eigenvalue weighted by Crippen LogP contribution is 2.56. The van der Waals surface area contributed by atoms with E-state index >= 15 is 0 Å². The Balaban J connectivity index is 0.943. The van der Waals surface area contributed by atoms with Gasteiger partial charge >= 0.3 is 0 Å². The summed E-state index contributed by atoms with van der Waals surface area (Å²) in [6.07, 6.45) is 0. The second-order valence-electron chi connectivity index (χ2n) is 16.8. The van der Waals surface area contributed by atoms with Crippen LogP contribution < -0.4 is 0 Å². The molecule has 0 atom stereocenters. The minimum absolute atomic E-state index is 0.410. The van der Waals surface area contributed by atoms with E-state index in [2.05, 4.69) is 237 Å². The summed E-state index contributed by atoms with van der Waals surface area (Å²) in [5.41, 5.74) is 19.3. The molecule has 10 aromatic carbocycles. The third kappa shape index (κ3) is 6.50. The van der Waals surface area contributed by atoms with E-state index in [9.17, 15) is 0 Å². The second-order valence-corrected chi connectivity index (χ2v) is 16.8. The zero-order valence-corrected chi connectivity index (χ0v) is 35.6. The van der Waals surface area contributed by atoms with Crippen LogP contribution in [0.5, 0.6) is 0 Å². The van der Waals surface area contributed by atoms with Gasteiger partial charge in [-0.05, 0) is 89.7 Å². The lowest BCUT2D eigenvalue weighted by Crippen LogP contribution is -2.28. The van der Waals surface area contributed by atoms with Crippen molar-refractivity contribution < 1.29 is 0 Å². The molecule has 2 heteroatoms. The Kier molecular flexibility index (Phi) is 9.43. The molecule has 0 saturated carbocycles. The van der Waals surface area contributed by atoms with E-state index in [1.165, 1.54) is 61.0 Å². The molecule has 0 saturated heterocycles. The number of fused-ring (bicyclic) bond motifs is 4. The predicted molar refractivity (Wildman–Crippen MR) is 269 cm³/mol. The molecule has 0 unspecified atom stereocenters. The summed E-state index contributed by atoms with van der Waals surface area (Å²) in [4.78, 5) is 10.5. The minimum atomic E-state index is -0.410. The van der Waals surface area contributed by atoms with Crippen LogP contribution in [0.2, 0.25) is 0 Å². The molecule has 0 bridgehead atoms. The Labute approximate surface area is 379 Å². The Bertz CT molecular complexity index is 3470. The van der Waals surface area contributed by atoms with Gasteiger partial charge in [-0.1, -0.05) is 243 Å². The maximum atomic E-state index is 5.27. The molecule has 65 heavy (non-hydrogen) atoms. The van der Waals surface area contributed by atoms with Crippen LogP contribution in [0.1, 0.15) is 22.3 Å². The van der Waals surface area contributed by atoms with Crippen LogP contribution in [-0.4, -0.2) is 9.97 Å². The Morgan fingerprint density at radius 1 is 0.246 bits per heavy atom. The highest BCUT2D eigenvalue weighted by molar-refractivity contribution is 6.05. The van der Waals surface area contributed by atoms with Gasteiger partial charge in [0.25, 0.3) is 0 Å². The average Bonchev–Trinajstić information content (AvgIpc) is 3.69. The minimum Gasteiger partial charge on any atom is -0.228 e. The number of hydrogen-bond donors (Lipinski definition) is 0. The first kappa shape index (κ1) is 38.2. The molecule has 11 aromatic rings. The topological polar surface area (TPSA) is 25.8 Å². The van der Waals surface area contributed by atoms with Crippen LogP contribution in [0.3, 0.4) is 0 Å². The van der Waals surface area contributed by atoms with Crippen LogP contribution >= 0.6 is 0 Å². The number of nitrogens with zero attached hydrogens (tertiary/aromatic N) is 2. The smallest absolute Gasteiger partial charge is 0.160 e. The summed E-state index contributed by atoms with van der Waals surface area (Å²) in [6, 6.07) is 91.8. The monoisotopic (exact) mass is 826 g/mol. The van der Waals surface area contributed by atoms with Crippen LogP contribution in [0.15, 0.2) is 255 Å². The lowest BCUT2D eigenvalue weighted by molar-refractivity contribution is 0.768. The van der Waals surface area contributed by atoms with Crippen molar-refractivity contribution in [3.8, 4) is 78.4 Å². The summed E-state index contributed by atoms with van der Waals surface area (Å²) >= 11 is 0. The van der Waals surface area contributed by atoms with E-state index in [-0.39, 0.29) is 0 Å². The molecule has 1 aliphatic carbocycles. The molecule has 0 radical (unpaired) electrons. The number of rotatable bonds is 8. The Morgan fingerprint density at radius 2 is 0.692 bits per heavy atom. The van der Waals surface area contributed by atoms with E-state index in [4.69, 9.17) is 9.97 Å². The van der Waals surface area contributed by atoms with Gasteiger partial charge in [-0.3, -0.25) is 0 Å². The van der Waals surface area contributed by atoms with Crippen molar-refractivity contribution in [3.63, 3.8) is 0 Å². The highest BCUT2D eigenvalue weighted by atomic mass is 14.9. The van der Waals surface area contributed by atoms with Crippen LogP contribution in [-0.2, 0) is 5.41 Å². The molecule has 1 heterocycles. The van der Waals surface area contributed by atoms with Gasteiger partial charge in [0.15, 0.2) is 5.82 Å². The van der Waals surface area contributed by atoms with E-state index in [0.717, 1.165) is 44.6 Å². The molecule has 1 aliphatic rings. The van der Waals surface area contributed by atoms with Gasteiger partial charge in [0.05, 0.1) is 16.8 Å². The maximum absolute atomic E-state index is 5.27. The van der Waals surface area contributed by atoms with E-state index < -0.39 is 5.41 Å². The van der Waals surface area contributed by atoms with Gasteiger partial charge in [0.1, 0.15) is 0 Å². The highest BCUT2D eigenvalue weighted by Gasteiger charge is 2.45. The Morgan fingerprint density at radius 3 is 1.35 bits per heavy atom. The lowest BCUT2D eigenvalue weighted by Gasteiger charge is -2.33. The first-order valence-corrected chi connectivity index (χ1v) is 22.3. The van der Waals surface area contributed by atoms with Gasteiger partial charge in [0.2, 0.25) is 0 Å². The zero-order valence-electron chi connectivity index (χ0n) is 35.6. The van der Waals surface area contributed by atoms with Crippen molar-refractivity contribution in [2.24, 2.45) is 0 Å². The third-order valence-corrected chi connectivity index (χ3v) is 13.2. The molecule has 0 amide bonds. The zero-order chi connectivity index (χ0) is 43.2. The second kappa shape index (κ2) is 16.0.